The molecule has 0 atom stereocenters. The molecule has 0 saturated carbocycles. The third kappa shape index (κ3) is 4.85. The van der Waals surface area contributed by atoms with Crippen molar-refractivity contribution < 1.29 is 22.8 Å². The number of nitrogens with one attached hydrogen (secondary N) is 1. The first-order valence-corrected chi connectivity index (χ1v) is 7.67. The summed E-state index contributed by atoms with van der Waals surface area (Å²) in [5.41, 5.74) is 0.832. The second-order valence-corrected chi connectivity index (χ2v) is 5.41. The van der Waals surface area contributed by atoms with Crippen molar-refractivity contribution in [1.82, 2.24) is 0 Å². The quantitative estimate of drug-likeness (QED) is 0.424. The fraction of sp³-hybridized carbons (Fsp3) is 0.188. The molecule has 2 aromatic carbocycles. The summed E-state index contributed by atoms with van der Waals surface area (Å²) in [6, 6.07) is 6.95. The molecule has 0 fully saturated rings. The number of rotatable bonds is 6. The number of nitrogens with zero attached hydrogens (tertiary/aromatic N) is 2. The molecule has 2 aromatic rings. The molecule has 6 nitrogen and oxygen atoms in total. The molecule has 138 valence electrons. The molecule has 0 heterocycles. The van der Waals surface area contributed by atoms with Gasteiger partial charge in [0.05, 0.1) is 23.3 Å². The second-order valence-electron chi connectivity index (χ2n) is 4.97. The van der Waals surface area contributed by atoms with E-state index in [1.54, 1.807) is 25.1 Å². The zero-order valence-corrected chi connectivity index (χ0v) is 14.1. The van der Waals surface area contributed by atoms with E-state index >= 15 is 0 Å². The highest BCUT2D eigenvalue weighted by Crippen LogP contribution is 2.35. The van der Waals surface area contributed by atoms with Crippen LogP contribution in [0, 0.1) is 10.1 Å². The van der Waals surface area contributed by atoms with Crippen LogP contribution in [0.3, 0.4) is 0 Å². The minimum Gasteiger partial charge on any atom is -0.493 e. The Morgan fingerprint density at radius 3 is 2.65 bits per heavy atom. The van der Waals surface area contributed by atoms with Crippen LogP contribution in [0.15, 0.2) is 41.5 Å². The molecule has 0 aliphatic heterocycles. The summed E-state index contributed by atoms with van der Waals surface area (Å²) in [5, 5.41) is 15.3. The Labute approximate surface area is 151 Å². The maximum Gasteiger partial charge on any atom is 0.416 e. The largest absolute Gasteiger partial charge is 0.493 e. The number of ether oxygens (including phenoxy) is 1. The standard InChI is InChI=1S/C16H13ClF3N3O3/c1-2-26-15-6-4-12(17)7-10(15)9-21-22-13-5-3-11(16(18,19)20)8-14(13)23(24)25/h3-9,22H,2H2,1H3/b21-9+. The summed E-state index contributed by atoms with van der Waals surface area (Å²) in [6.07, 6.45) is -3.38. The Balaban J connectivity index is 2.28. The smallest absolute Gasteiger partial charge is 0.416 e. The molecular formula is C16H13ClF3N3O3. The zero-order chi connectivity index (χ0) is 19.3. The van der Waals surface area contributed by atoms with Crippen LogP contribution in [-0.4, -0.2) is 17.7 Å². The van der Waals surface area contributed by atoms with E-state index < -0.39 is 22.4 Å². The van der Waals surface area contributed by atoms with E-state index in [9.17, 15) is 23.3 Å². The van der Waals surface area contributed by atoms with Gasteiger partial charge in [0, 0.05) is 16.7 Å². The molecule has 0 saturated heterocycles. The normalized spacial score (nSPS) is 11.6. The molecule has 0 radical (unpaired) electrons. The summed E-state index contributed by atoms with van der Waals surface area (Å²) in [6.45, 7) is 2.19. The summed E-state index contributed by atoms with van der Waals surface area (Å²) < 4.78 is 43.5. The lowest BCUT2D eigenvalue weighted by Gasteiger charge is -2.09. The number of hydrogen-bond donors (Lipinski definition) is 1. The molecule has 2 rings (SSSR count). The lowest BCUT2D eigenvalue weighted by atomic mass is 10.1. The maximum absolute atomic E-state index is 12.7. The van der Waals surface area contributed by atoms with Crippen LogP contribution in [-0.2, 0) is 6.18 Å². The molecule has 0 aliphatic rings. The van der Waals surface area contributed by atoms with Crippen LogP contribution in [0.4, 0.5) is 24.5 Å². The lowest BCUT2D eigenvalue weighted by molar-refractivity contribution is -0.384. The van der Waals surface area contributed by atoms with Crippen LogP contribution in [0.2, 0.25) is 5.02 Å². The van der Waals surface area contributed by atoms with Gasteiger partial charge in [-0.15, -0.1) is 0 Å². The van der Waals surface area contributed by atoms with Gasteiger partial charge in [-0.1, -0.05) is 11.6 Å². The number of alkyl halides is 3. The van der Waals surface area contributed by atoms with E-state index in [2.05, 4.69) is 10.5 Å². The van der Waals surface area contributed by atoms with Crippen molar-refractivity contribution in [2.75, 3.05) is 12.0 Å². The van der Waals surface area contributed by atoms with E-state index in [4.69, 9.17) is 16.3 Å². The van der Waals surface area contributed by atoms with Gasteiger partial charge in [-0.3, -0.25) is 15.5 Å². The molecule has 0 aromatic heterocycles. The monoisotopic (exact) mass is 387 g/mol. The molecule has 26 heavy (non-hydrogen) atoms. The van der Waals surface area contributed by atoms with Crippen molar-refractivity contribution in [3.05, 3.63) is 62.7 Å². The fourth-order valence-electron chi connectivity index (χ4n) is 2.03. The number of hydrogen-bond acceptors (Lipinski definition) is 5. The van der Waals surface area contributed by atoms with E-state index in [1.165, 1.54) is 6.21 Å². The SMILES string of the molecule is CCOc1ccc(Cl)cc1/C=N/Nc1ccc(C(F)(F)F)cc1[N+](=O)[O-]. The van der Waals surface area contributed by atoms with Crippen LogP contribution in [0.25, 0.3) is 0 Å². The van der Waals surface area contributed by atoms with Gasteiger partial charge in [0.25, 0.3) is 5.69 Å². The highest BCUT2D eigenvalue weighted by molar-refractivity contribution is 6.30. The third-order valence-corrected chi connectivity index (χ3v) is 3.42. The van der Waals surface area contributed by atoms with Gasteiger partial charge in [0.15, 0.2) is 0 Å². The van der Waals surface area contributed by atoms with Crippen molar-refractivity contribution in [2.24, 2.45) is 5.10 Å². The Bertz CT molecular complexity index is 841. The second kappa shape index (κ2) is 8.05. The molecule has 1 N–H and O–H groups in total. The number of nitro benzene ring substituents is 1. The molecular weight excluding hydrogens is 375 g/mol. The molecule has 0 aliphatic carbocycles. The molecule has 0 bridgehead atoms. The Morgan fingerprint density at radius 1 is 1.31 bits per heavy atom. The topological polar surface area (TPSA) is 76.8 Å². The van der Waals surface area contributed by atoms with E-state index in [0.717, 1.165) is 12.1 Å². The minimum atomic E-state index is -4.68. The van der Waals surface area contributed by atoms with Crippen molar-refractivity contribution >= 4 is 29.2 Å². The van der Waals surface area contributed by atoms with Gasteiger partial charge in [0.1, 0.15) is 11.4 Å². The van der Waals surface area contributed by atoms with Crippen LogP contribution in [0.1, 0.15) is 18.1 Å². The van der Waals surface area contributed by atoms with Gasteiger partial charge >= 0.3 is 6.18 Å². The zero-order valence-electron chi connectivity index (χ0n) is 13.4. The van der Waals surface area contributed by atoms with Crippen LogP contribution < -0.4 is 10.2 Å². The number of nitro groups is 1. The Morgan fingerprint density at radius 2 is 2.04 bits per heavy atom. The first kappa shape index (κ1) is 19.5. The molecule has 0 unspecified atom stereocenters. The van der Waals surface area contributed by atoms with Gasteiger partial charge in [0.2, 0.25) is 0 Å². The fourth-order valence-corrected chi connectivity index (χ4v) is 2.21. The summed E-state index contributed by atoms with van der Waals surface area (Å²) in [7, 11) is 0. The first-order chi connectivity index (χ1) is 12.2. The number of benzene rings is 2. The van der Waals surface area contributed by atoms with Crippen molar-refractivity contribution in [3.8, 4) is 5.75 Å². The van der Waals surface area contributed by atoms with Gasteiger partial charge in [-0.25, -0.2) is 0 Å². The summed E-state index contributed by atoms with van der Waals surface area (Å²) in [4.78, 5) is 10.1. The predicted molar refractivity (Wildman–Crippen MR) is 91.9 cm³/mol. The molecule has 0 spiro atoms. The highest BCUT2D eigenvalue weighted by Gasteiger charge is 2.33. The lowest BCUT2D eigenvalue weighted by Crippen LogP contribution is -2.06. The number of hydrazone groups is 1. The van der Waals surface area contributed by atoms with Crippen molar-refractivity contribution in [2.45, 2.75) is 13.1 Å². The molecule has 0 amide bonds. The van der Waals surface area contributed by atoms with Gasteiger partial charge in [-0.2, -0.15) is 18.3 Å². The van der Waals surface area contributed by atoms with Crippen molar-refractivity contribution in [1.29, 1.82) is 0 Å². The van der Waals surface area contributed by atoms with E-state index in [1.807, 2.05) is 0 Å². The first-order valence-electron chi connectivity index (χ1n) is 7.29. The van der Waals surface area contributed by atoms with Crippen LogP contribution >= 0.6 is 11.6 Å². The predicted octanol–water partition coefficient (Wildman–Crippen LogP) is 5.11. The Kier molecular flexibility index (Phi) is 6.04. The summed E-state index contributed by atoms with van der Waals surface area (Å²) in [5.74, 6) is 0.490. The molecule has 10 heteroatoms. The third-order valence-electron chi connectivity index (χ3n) is 3.18. The van der Waals surface area contributed by atoms with Gasteiger partial charge in [-0.05, 0) is 37.3 Å². The highest BCUT2D eigenvalue weighted by atomic mass is 35.5. The van der Waals surface area contributed by atoms with E-state index in [0.29, 0.717) is 29.0 Å². The minimum absolute atomic E-state index is 0.181. The summed E-state index contributed by atoms with van der Waals surface area (Å²) >= 11 is 5.91. The maximum atomic E-state index is 12.7. The van der Waals surface area contributed by atoms with Crippen LogP contribution in [0.5, 0.6) is 5.75 Å². The van der Waals surface area contributed by atoms with E-state index in [-0.39, 0.29) is 5.69 Å². The Hall–Kier alpha value is -2.81. The van der Waals surface area contributed by atoms with Gasteiger partial charge < -0.3 is 4.74 Å². The number of halogens is 4. The number of anilines is 1. The average molecular weight is 388 g/mol. The average Bonchev–Trinajstić information content (AvgIpc) is 2.56. The van der Waals surface area contributed by atoms with Crippen molar-refractivity contribution in [3.63, 3.8) is 0 Å².